The van der Waals surface area contributed by atoms with Gasteiger partial charge in [0.05, 0.1) is 11.8 Å². The highest BCUT2D eigenvalue weighted by Gasteiger charge is 2.30. The number of aliphatic hydroxyl groups is 1. The number of aliphatic hydroxyl groups excluding tert-OH is 1. The van der Waals surface area contributed by atoms with Gasteiger partial charge in [-0.2, -0.15) is 0 Å². The van der Waals surface area contributed by atoms with Gasteiger partial charge < -0.3 is 14.4 Å². The van der Waals surface area contributed by atoms with E-state index in [9.17, 15) is 4.79 Å². The van der Waals surface area contributed by atoms with Crippen LogP contribution in [-0.2, 0) is 0 Å². The SMILES string of the molecule is O=C(c1ccoc1Br)N1CCCC1CCCO. The quantitative estimate of drug-likeness (QED) is 0.929. The molecule has 0 spiro atoms. The molecule has 0 radical (unpaired) electrons. The van der Waals surface area contributed by atoms with E-state index in [1.165, 1.54) is 6.26 Å². The van der Waals surface area contributed by atoms with E-state index in [0.717, 1.165) is 32.2 Å². The van der Waals surface area contributed by atoms with Crippen molar-refractivity contribution in [3.05, 3.63) is 22.6 Å². The van der Waals surface area contributed by atoms with Crippen molar-refractivity contribution in [1.82, 2.24) is 4.90 Å². The number of carbonyl (C=O) groups excluding carboxylic acids is 1. The van der Waals surface area contributed by atoms with E-state index in [2.05, 4.69) is 15.9 Å². The van der Waals surface area contributed by atoms with E-state index in [1.807, 2.05) is 4.90 Å². The zero-order valence-corrected chi connectivity index (χ0v) is 11.1. The molecule has 1 atom stereocenters. The summed E-state index contributed by atoms with van der Waals surface area (Å²) in [5.74, 6) is 0.0195. The molecule has 17 heavy (non-hydrogen) atoms. The summed E-state index contributed by atoms with van der Waals surface area (Å²) >= 11 is 3.23. The molecule has 1 fully saturated rings. The van der Waals surface area contributed by atoms with Gasteiger partial charge in [0.2, 0.25) is 0 Å². The zero-order chi connectivity index (χ0) is 12.3. The largest absolute Gasteiger partial charge is 0.457 e. The lowest BCUT2D eigenvalue weighted by Gasteiger charge is -2.24. The van der Waals surface area contributed by atoms with Crippen molar-refractivity contribution >= 4 is 21.8 Å². The van der Waals surface area contributed by atoms with Crippen molar-refractivity contribution in [1.29, 1.82) is 0 Å². The third kappa shape index (κ3) is 2.72. The molecule has 1 unspecified atom stereocenters. The van der Waals surface area contributed by atoms with Gasteiger partial charge in [-0.1, -0.05) is 0 Å². The summed E-state index contributed by atoms with van der Waals surface area (Å²) in [6.45, 7) is 0.987. The van der Waals surface area contributed by atoms with Crippen molar-refractivity contribution in [2.24, 2.45) is 0 Å². The van der Waals surface area contributed by atoms with E-state index in [4.69, 9.17) is 9.52 Å². The summed E-state index contributed by atoms with van der Waals surface area (Å²) in [5, 5.41) is 8.85. The van der Waals surface area contributed by atoms with Crippen LogP contribution < -0.4 is 0 Å². The third-order valence-electron chi connectivity index (χ3n) is 3.18. The molecule has 1 N–H and O–H groups in total. The van der Waals surface area contributed by atoms with E-state index < -0.39 is 0 Å². The number of nitrogens with zero attached hydrogens (tertiary/aromatic N) is 1. The van der Waals surface area contributed by atoms with Gasteiger partial charge in [0.15, 0.2) is 4.67 Å². The molecule has 1 saturated heterocycles. The van der Waals surface area contributed by atoms with Crippen LogP contribution in [0.4, 0.5) is 0 Å². The minimum absolute atomic E-state index is 0.0195. The fraction of sp³-hybridized carbons (Fsp3) is 0.583. The van der Waals surface area contributed by atoms with Crippen LogP contribution in [0.3, 0.4) is 0 Å². The Morgan fingerprint density at radius 2 is 2.47 bits per heavy atom. The van der Waals surface area contributed by atoms with Gasteiger partial charge in [-0.05, 0) is 47.7 Å². The Morgan fingerprint density at radius 3 is 3.12 bits per heavy atom. The number of furan rings is 1. The first-order chi connectivity index (χ1) is 8.24. The van der Waals surface area contributed by atoms with E-state index in [-0.39, 0.29) is 18.6 Å². The standard InChI is InChI=1S/C12H16BrNO3/c13-11-10(5-8-17-11)12(16)14-6-1-3-9(14)4-2-7-15/h5,8-9,15H,1-4,6-7H2. The number of hydrogen-bond donors (Lipinski definition) is 1. The molecule has 0 saturated carbocycles. The molecule has 4 nitrogen and oxygen atoms in total. The molecule has 1 aromatic rings. The van der Waals surface area contributed by atoms with Crippen LogP contribution >= 0.6 is 15.9 Å². The lowest BCUT2D eigenvalue weighted by molar-refractivity contribution is 0.0722. The van der Waals surface area contributed by atoms with Crippen LogP contribution in [0.25, 0.3) is 0 Å². The average molecular weight is 302 g/mol. The molecule has 0 bridgehead atoms. The number of carbonyl (C=O) groups is 1. The van der Waals surface area contributed by atoms with E-state index in [0.29, 0.717) is 10.2 Å². The number of hydrogen-bond acceptors (Lipinski definition) is 3. The normalized spacial score (nSPS) is 19.9. The molecule has 5 heteroatoms. The van der Waals surface area contributed by atoms with E-state index >= 15 is 0 Å². The highest BCUT2D eigenvalue weighted by Crippen LogP contribution is 2.26. The topological polar surface area (TPSA) is 53.7 Å². The fourth-order valence-electron chi connectivity index (χ4n) is 2.33. The first-order valence-corrected chi connectivity index (χ1v) is 6.68. The highest BCUT2D eigenvalue weighted by molar-refractivity contribution is 9.10. The first kappa shape index (κ1) is 12.6. The summed E-state index contributed by atoms with van der Waals surface area (Å²) in [4.78, 5) is 14.2. The lowest BCUT2D eigenvalue weighted by atomic mass is 10.1. The molecule has 1 aromatic heterocycles. The van der Waals surface area contributed by atoms with Crippen molar-refractivity contribution in [2.75, 3.05) is 13.2 Å². The molecule has 0 aliphatic carbocycles. The van der Waals surface area contributed by atoms with Crippen LogP contribution in [0.15, 0.2) is 21.4 Å². The second kappa shape index (κ2) is 5.69. The monoisotopic (exact) mass is 301 g/mol. The maximum absolute atomic E-state index is 12.3. The number of halogens is 1. The Kier molecular flexibility index (Phi) is 4.23. The van der Waals surface area contributed by atoms with Crippen LogP contribution in [0.5, 0.6) is 0 Å². The van der Waals surface area contributed by atoms with Gasteiger partial charge in [-0.15, -0.1) is 0 Å². The Hall–Kier alpha value is -0.810. The Bertz CT molecular complexity index is 391. The molecule has 1 aliphatic rings. The smallest absolute Gasteiger partial charge is 0.258 e. The second-order valence-electron chi connectivity index (χ2n) is 4.27. The molecule has 2 heterocycles. The Balaban J connectivity index is 2.06. The number of rotatable bonds is 4. The van der Waals surface area contributed by atoms with Crippen molar-refractivity contribution in [3.63, 3.8) is 0 Å². The van der Waals surface area contributed by atoms with Gasteiger partial charge in [0.25, 0.3) is 5.91 Å². The predicted octanol–water partition coefficient (Wildman–Crippen LogP) is 2.42. The fourth-order valence-corrected chi connectivity index (χ4v) is 2.74. The molecule has 94 valence electrons. The molecular weight excluding hydrogens is 286 g/mol. The minimum atomic E-state index is 0.0195. The number of likely N-dealkylation sites (tertiary alicyclic amines) is 1. The van der Waals surface area contributed by atoms with Crippen LogP contribution in [-0.4, -0.2) is 35.1 Å². The summed E-state index contributed by atoms with van der Waals surface area (Å²) in [6.07, 6.45) is 5.20. The first-order valence-electron chi connectivity index (χ1n) is 5.89. The van der Waals surface area contributed by atoms with Gasteiger partial charge >= 0.3 is 0 Å². The third-order valence-corrected chi connectivity index (χ3v) is 3.80. The van der Waals surface area contributed by atoms with Gasteiger partial charge in [-0.3, -0.25) is 4.79 Å². The Labute approximate surface area is 109 Å². The van der Waals surface area contributed by atoms with Gasteiger partial charge in [0.1, 0.15) is 0 Å². The number of amides is 1. The lowest BCUT2D eigenvalue weighted by Crippen LogP contribution is -2.35. The highest BCUT2D eigenvalue weighted by atomic mass is 79.9. The summed E-state index contributed by atoms with van der Waals surface area (Å²) in [5.41, 5.74) is 0.584. The van der Waals surface area contributed by atoms with Crippen LogP contribution in [0, 0.1) is 0 Å². The van der Waals surface area contributed by atoms with Crippen molar-refractivity contribution < 1.29 is 14.3 Å². The average Bonchev–Trinajstić information content (AvgIpc) is 2.94. The summed E-state index contributed by atoms with van der Waals surface area (Å²) < 4.78 is 5.59. The van der Waals surface area contributed by atoms with Gasteiger partial charge in [0, 0.05) is 19.2 Å². The Morgan fingerprint density at radius 1 is 1.65 bits per heavy atom. The zero-order valence-electron chi connectivity index (χ0n) is 9.56. The maximum Gasteiger partial charge on any atom is 0.258 e. The van der Waals surface area contributed by atoms with Crippen molar-refractivity contribution in [3.8, 4) is 0 Å². The van der Waals surface area contributed by atoms with Crippen LogP contribution in [0.1, 0.15) is 36.0 Å². The summed E-state index contributed by atoms with van der Waals surface area (Å²) in [6, 6.07) is 1.95. The molecular formula is C12H16BrNO3. The van der Waals surface area contributed by atoms with Crippen LogP contribution in [0.2, 0.25) is 0 Å². The predicted molar refractivity (Wildman–Crippen MR) is 66.8 cm³/mol. The minimum Gasteiger partial charge on any atom is -0.457 e. The van der Waals surface area contributed by atoms with Gasteiger partial charge in [-0.25, -0.2) is 0 Å². The molecule has 1 aliphatic heterocycles. The van der Waals surface area contributed by atoms with E-state index in [1.54, 1.807) is 6.07 Å². The maximum atomic E-state index is 12.3. The molecule has 2 rings (SSSR count). The molecule has 0 aromatic carbocycles. The van der Waals surface area contributed by atoms with Crippen molar-refractivity contribution in [2.45, 2.75) is 31.7 Å². The summed E-state index contributed by atoms with van der Waals surface area (Å²) in [7, 11) is 0. The molecule has 1 amide bonds. The second-order valence-corrected chi connectivity index (χ2v) is 4.99.